The maximum absolute atomic E-state index is 12.2. The molecule has 1 aromatic carbocycles. The number of benzene rings is 1. The molecule has 0 aliphatic carbocycles. The minimum Gasteiger partial charge on any atom is -0.438 e. The first-order chi connectivity index (χ1) is 10.3. The number of unbranched alkanes of at least 4 members (excludes halogenated alkanes) is 2. The summed E-state index contributed by atoms with van der Waals surface area (Å²) in [6, 6.07) is 12.8. The minimum absolute atomic E-state index is 0.148. The molecule has 0 saturated carbocycles. The standard InChI is InChI=1S/C17H20N2O2/c1-2-3-7-12-18-16(20)15-11-8-13-19-17(15)21-14-9-5-4-6-10-14/h4-6,8-11,13H,2-3,7,12H2,1H3,(H,18,20). The van der Waals surface area contributed by atoms with Gasteiger partial charge in [-0.2, -0.15) is 0 Å². The Morgan fingerprint density at radius 2 is 1.95 bits per heavy atom. The fourth-order valence-electron chi connectivity index (χ4n) is 1.92. The van der Waals surface area contributed by atoms with E-state index < -0.39 is 0 Å². The van der Waals surface area contributed by atoms with Crippen LogP contribution >= 0.6 is 0 Å². The van der Waals surface area contributed by atoms with Gasteiger partial charge in [0.25, 0.3) is 5.91 Å². The summed E-state index contributed by atoms with van der Waals surface area (Å²) in [5.74, 6) is 0.845. The summed E-state index contributed by atoms with van der Waals surface area (Å²) in [5, 5.41) is 2.90. The molecule has 1 N–H and O–H groups in total. The van der Waals surface area contributed by atoms with Crippen molar-refractivity contribution in [3.05, 3.63) is 54.2 Å². The molecule has 4 nitrogen and oxygen atoms in total. The van der Waals surface area contributed by atoms with Gasteiger partial charge in [-0.1, -0.05) is 38.0 Å². The third-order valence-corrected chi connectivity index (χ3v) is 3.04. The number of pyridine rings is 1. The molecule has 0 spiro atoms. The Morgan fingerprint density at radius 1 is 1.14 bits per heavy atom. The van der Waals surface area contributed by atoms with Crippen molar-refractivity contribution in [2.45, 2.75) is 26.2 Å². The van der Waals surface area contributed by atoms with Gasteiger partial charge in [0.15, 0.2) is 0 Å². The number of hydrogen-bond acceptors (Lipinski definition) is 3. The van der Waals surface area contributed by atoms with Gasteiger partial charge in [0, 0.05) is 12.7 Å². The number of hydrogen-bond donors (Lipinski definition) is 1. The third kappa shape index (κ3) is 4.60. The highest BCUT2D eigenvalue weighted by Gasteiger charge is 2.13. The van der Waals surface area contributed by atoms with Crippen molar-refractivity contribution >= 4 is 5.91 Å². The Bertz CT molecular complexity index is 570. The molecule has 0 saturated heterocycles. The summed E-state index contributed by atoms with van der Waals surface area (Å²) in [4.78, 5) is 16.3. The lowest BCUT2D eigenvalue weighted by Crippen LogP contribution is -2.25. The summed E-state index contributed by atoms with van der Waals surface area (Å²) in [7, 11) is 0. The van der Waals surface area contributed by atoms with Crippen molar-refractivity contribution in [2.75, 3.05) is 6.54 Å². The topological polar surface area (TPSA) is 51.2 Å². The molecule has 1 amide bonds. The Kier molecular flexibility index (Phi) is 5.76. The van der Waals surface area contributed by atoms with Gasteiger partial charge >= 0.3 is 0 Å². The Balaban J connectivity index is 2.04. The van der Waals surface area contributed by atoms with E-state index in [9.17, 15) is 4.79 Å². The van der Waals surface area contributed by atoms with Crippen LogP contribution in [0.25, 0.3) is 0 Å². The SMILES string of the molecule is CCCCCNC(=O)c1cccnc1Oc1ccccc1. The van der Waals surface area contributed by atoms with Crippen LogP contribution in [0.15, 0.2) is 48.7 Å². The monoisotopic (exact) mass is 284 g/mol. The van der Waals surface area contributed by atoms with Crippen LogP contribution in [0.2, 0.25) is 0 Å². The van der Waals surface area contributed by atoms with Gasteiger partial charge < -0.3 is 10.1 Å². The van der Waals surface area contributed by atoms with Crippen LogP contribution in [0.3, 0.4) is 0 Å². The molecule has 0 atom stereocenters. The molecule has 1 aromatic heterocycles. The third-order valence-electron chi connectivity index (χ3n) is 3.04. The average molecular weight is 284 g/mol. The maximum atomic E-state index is 12.2. The molecule has 110 valence electrons. The molecule has 21 heavy (non-hydrogen) atoms. The zero-order valence-corrected chi connectivity index (χ0v) is 12.2. The number of para-hydroxylation sites is 1. The fraction of sp³-hybridized carbons (Fsp3) is 0.294. The van der Waals surface area contributed by atoms with Crippen LogP contribution in [-0.4, -0.2) is 17.4 Å². The van der Waals surface area contributed by atoms with Gasteiger partial charge in [-0.15, -0.1) is 0 Å². The van der Waals surface area contributed by atoms with Crippen LogP contribution in [0.5, 0.6) is 11.6 Å². The second-order valence-electron chi connectivity index (χ2n) is 4.73. The molecule has 0 aliphatic rings. The number of carbonyl (C=O) groups is 1. The number of nitrogens with one attached hydrogen (secondary N) is 1. The van der Waals surface area contributed by atoms with E-state index in [1.54, 1.807) is 18.3 Å². The molecule has 1 heterocycles. The van der Waals surface area contributed by atoms with Gasteiger partial charge in [-0.05, 0) is 30.7 Å². The smallest absolute Gasteiger partial charge is 0.256 e. The van der Waals surface area contributed by atoms with Gasteiger partial charge in [0.1, 0.15) is 11.3 Å². The van der Waals surface area contributed by atoms with Gasteiger partial charge in [-0.25, -0.2) is 4.98 Å². The summed E-state index contributed by atoms with van der Waals surface area (Å²) in [6.45, 7) is 2.81. The first-order valence-corrected chi connectivity index (χ1v) is 7.27. The van der Waals surface area contributed by atoms with Crippen molar-refractivity contribution in [1.29, 1.82) is 0 Å². The van der Waals surface area contributed by atoms with E-state index in [2.05, 4.69) is 17.2 Å². The molecule has 0 unspecified atom stereocenters. The highest BCUT2D eigenvalue weighted by Crippen LogP contribution is 2.22. The maximum Gasteiger partial charge on any atom is 0.256 e. The zero-order chi connectivity index (χ0) is 14.9. The first-order valence-electron chi connectivity index (χ1n) is 7.27. The Morgan fingerprint density at radius 3 is 2.71 bits per heavy atom. The normalized spacial score (nSPS) is 10.1. The largest absolute Gasteiger partial charge is 0.438 e. The number of nitrogens with zero attached hydrogens (tertiary/aromatic N) is 1. The van der Waals surface area contributed by atoms with Crippen LogP contribution < -0.4 is 10.1 Å². The molecule has 0 aliphatic heterocycles. The molecule has 4 heteroatoms. The van der Waals surface area contributed by atoms with Crippen molar-refractivity contribution in [1.82, 2.24) is 10.3 Å². The number of ether oxygens (including phenoxy) is 1. The molecule has 0 bridgehead atoms. The first kappa shape index (κ1) is 15.0. The van der Waals surface area contributed by atoms with Crippen LogP contribution in [0, 0.1) is 0 Å². The second kappa shape index (κ2) is 8.04. The highest BCUT2D eigenvalue weighted by molar-refractivity contribution is 5.96. The van der Waals surface area contributed by atoms with Crippen molar-refractivity contribution in [2.24, 2.45) is 0 Å². The predicted molar refractivity (Wildman–Crippen MR) is 82.6 cm³/mol. The van der Waals surface area contributed by atoms with Crippen LogP contribution in [0.1, 0.15) is 36.5 Å². The number of rotatable bonds is 7. The van der Waals surface area contributed by atoms with Crippen LogP contribution in [-0.2, 0) is 0 Å². The van der Waals surface area contributed by atoms with Crippen molar-refractivity contribution in [3.63, 3.8) is 0 Å². The summed E-state index contributed by atoms with van der Waals surface area (Å²) in [6.07, 6.45) is 4.84. The molecule has 2 rings (SSSR count). The van der Waals surface area contributed by atoms with Gasteiger partial charge in [-0.3, -0.25) is 4.79 Å². The number of amides is 1. The lowest BCUT2D eigenvalue weighted by molar-refractivity contribution is 0.0950. The van der Waals surface area contributed by atoms with E-state index in [1.165, 1.54) is 0 Å². The van der Waals surface area contributed by atoms with E-state index in [1.807, 2.05) is 30.3 Å². The van der Waals surface area contributed by atoms with E-state index in [0.29, 0.717) is 23.7 Å². The van der Waals surface area contributed by atoms with Gasteiger partial charge in [0.05, 0.1) is 0 Å². The second-order valence-corrected chi connectivity index (χ2v) is 4.73. The Hall–Kier alpha value is -2.36. The number of aromatic nitrogens is 1. The van der Waals surface area contributed by atoms with Crippen molar-refractivity contribution < 1.29 is 9.53 Å². The van der Waals surface area contributed by atoms with E-state index in [-0.39, 0.29) is 5.91 Å². The average Bonchev–Trinajstić information content (AvgIpc) is 2.53. The zero-order valence-electron chi connectivity index (χ0n) is 12.2. The summed E-state index contributed by atoms with van der Waals surface area (Å²) in [5.41, 5.74) is 0.456. The molecule has 0 fully saturated rings. The quantitative estimate of drug-likeness (QED) is 0.787. The Labute approximate surface area is 125 Å². The molecule has 0 radical (unpaired) electrons. The van der Waals surface area contributed by atoms with Crippen LogP contribution in [0.4, 0.5) is 0 Å². The van der Waals surface area contributed by atoms with E-state index in [4.69, 9.17) is 4.74 Å². The van der Waals surface area contributed by atoms with Crippen molar-refractivity contribution in [3.8, 4) is 11.6 Å². The van der Waals surface area contributed by atoms with E-state index >= 15 is 0 Å². The molecular formula is C17H20N2O2. The summed E-state index contributed by atoms with van der Waals surface area (Å²) < 4.78 is 5.69. The lowest BCUT2D eigenvalue weighted by Gasteiger charge is -2.10. The fourth-order valence-corrected chi connectivity index (χ4v) is 1.92. The van der Waals surface area contributed by atoms with Gasteiger partial charge in [0.2, 0.25) is 5.88 Å². The summed E-state index contributed by atoms with van der Waals surface area (Å²) >= 11 is 0. The predicted octanol–water partition coefficient (Wildman–Crippen LogP) is 3.79. The molecular weight excluding hydrogens is 264 g/mol. The van der Waals surface area contributed by atoms with E-state index in [0.717, 1.165) is 19.3 Å². The minimum atomic E-state index is -0.148. The molecule has 2 aromatic rings. The lowest BCUT2D eigenvalue weighted by atomic mass is 10.2. The number of carbonyl (C=O) groups excluding carboxylic acids is 1. The highest BCUT2D eigenvalue weighted by atomic mass is 16.5.